The fourth-order valence-corrected chi connectivity index (χ4v) is 2.38. The van der Waals surface area contributed by atoms with Gasteiger partial charge in [-0.15, -0.1) is 0 Å². The lowest BCUT2D eigenvalue weighted by Crippen LogP contribution is -2.53. The molecule has 3 nitrogen and oxygen atoms in total. The summed E-state index contributed by atoms with van der Waals surface area (Å²) in [6, 6.07) is 4.23. The number of aryl methyl sites for hydroxylation is 1. The maximum Gasteiger partial charge on any atom is 0.181 e. The van der Waals surface area contributed by atoms with Gasteiger partial charge in [0.25, 0.3) is 0 Å². The van der Waals surface area contributed by atoms with Crippen LogP contribution in [-0.4, -0.2) is 55.4 Å². The monoisotopic (exact) mass is 250 g/mol. The van der Waals surface area contributed by atoms with E-state index < -0.39 is 0 Å². The number of hydrogen-bond acceptors (Lipinski definition) is 3. The maximum absolute atomic E-state index is 13.1. The van der Waals surface area contributed by atoms with Crippen LogP contribution in [0.1, 0.15) is 15.9 Å². The predicted octanol–water partition coefficient (Wildman–Crippen LogP) is 1.56. The van der Waals surface area contributed by atoms with E-state index in [0.717, 1.165) is 19.6 Å². The molecule has 1 aliphatic rings. The molecule has 1 aliphatic heterocycles. The number of halogens is 1. The Morgan fingerprint density at radius 2 is 2.06 bits per heavy atom. The molecular weight excluding hydrogens is 231 g/mol. The molecule has 0 amide bonds. The molecule has 1 unspecified atom stereocenters. The van der Waals surface area contributed by atoms with Crippen molar-refractivity contribution in [1.29, 1.82) is 0 Å². The molecule has 1 fully saturated rings. The first-order valence-corrected chi connectivity index (χ1v) is 6.18. The van der Waals surface area contributed by atoms with Gasteiger partial charge in [-0.3, -0.25) is 9.69 Å². The van der Waals surface area contributed by atoms with Gasteiger partial charge in [0.2, 0.25) is 0 Å². The van der Waals surface area contributed by atoms with E-state index in [1.807, 2.05) is 14.1 Å². The van der Waals surface area contributed by atoms with Gasteiger partial charge in [-0.05, 0) is 44.8 Å². The Kier molecular flexibility index (Phi) is 3.78. The molecule has 0 radical (unpaired) electrons. The van der Waals surface area contributed by atoms with Crippen molar-refractivity contribution in [3.63, 3.8) is 0 Å². The first kappa shape index (κ1) is 13.2. The van der Waals surface area contributed by atoms with E-state index in [-0.39, 0.29) is 17.6 Å². The Bertz CT molecular complexity index is 461. The van der Waals surface area contributed by atoms with Crippen molar-refractivity contribution in [2.45, 2.75) is 13.0 Å². The number of hydrogen-bond donors (Lipinski definition) is 0. The van der Waals surface area contributed by atoms with E-state index in [1.54, 1.807) is 13.0 Å². The van der Waals surface area contributed by atoms with Crippen molar-refractivity contribution in [2.24, 2.45) is 0 Å². The van der Waals surface area contributed by atoms with Crippen LogP contribution in [0.15, 0.2) is 18.2 Å². The average molecular weight is 250 g/mol. The molecule has 4 heteroatoms. The summed E-state index contributed by atoms with van der Waals surface area (Å²) in [7, 11) is 3.99. The van der Waals surface area contributed by atoms with Crippen LogP contribution in [0.4, 0.5) is 4.39 Å². The Morgan fingerprint density at radius 3 is 2.72 bits per heavy atom. The van der Waals surface area contributed by atoms with Crippen LogP contribution in [0.5, 0.6) is 0 Å². The third-order valence-electron chi connectivity index (χ3n) is 3.61. The Hall–Kier alpha value is -1.26. The summed E-state index contributed by atoms with van der Waals surface area (Å²) < 4.78 is 13.1. The van der Waals surface area contributed by atoms with Crippen molar-refractivity contribution < 1.29 is 9.18 Å². The van der Waals surface area contributed by atoms with Crippen molar-refractivity contribution in [2.75, 3.05) is 33.7 Å². The van der Waals surface area contributed by atoms with E-state index >= 15 is 0 Å². The van der Waals surface area contributed by atoms with E-state index in [9.17, 15) is 9.18 Å². The number of carbonyl (C=O) groups is 1. The zero-order valence-electron chi connectivity index (χ0n) is 11.1. The van der Waals surface area contributed by atoms with Crippen molar-refractivity contribution in [1.82, 2.24) is 9.80 Å². The van der Waals surface area contributed by atoms with Crippen molar-refractivity contribution in [3.05, 3.63) is 35.1 Å². The maximum atomic E-state index is 13.1. The molecule has 1 aromatic carbocycles. The fourth-order valence-electron chi connectivity index (χ4n) is 2.38. The number of carbonyl (C=O) groups excluding carboxylic acids is 1. The number of rotatable bonds is 2. The van der Waals surface area contributed by atoms with E-state index in [0.29, 0.717) is 11.1 Å². The molecule has 0 bridgehead atoms. The molecule has 1 aromatic rings. The second kappa shape index (κ2) is 5.16. The zero-order chi connectivity index (χ0) is 13.3. The quantitative estimate of drug-likeness (QED) is 0.744. The molecule has 0 spiro atoms. The Balaban J connectivity index is 2.24. The molecule has 0 N–H and O–H groups in total. The molecule has 98 valence electrons. The highest BCUT2D eigenvalue weighted by molar-refractivity contribution is 6.01. The molecule has 0 aliphatic carbocycles. The summed E-state index contributed by atoms with van der Waals surface area (Å²) in [4.78, 5) is 16.7. The van der Waals surface area contributed by atoms with Gasteiger partial charge in [0.05, 0.1) is 6.04 Å². The third kappa shape index (κ3) is 2.60. The fraction of sp³-hybridized carbons (Fsp3) is 0.500. The highest BCUT2D eigenvalue weighted by atomic mass is 19.1. The summed E-state index contributed by atoms with van der Waals surface area (Å²) in [5.74, 6) is -0.209. The van der Waals surface area contributed by atoms with Crippen molar-refractivity contribution >= 4 is 5.78 Å². The molecule has 1 heterocycles. The zero-order valence-corrected chi connectivity index (χ0v) is 11.1. The van der Waals surface area contributed by atoms with Crippen LogP contribution in [0, 0.1) is 12.7 Å². The van der Waals surface area contributed by atoms with Crippen LogP contribution in [-0.2, 0) is 0 Å². The van der Waals surface area contributed by atoms with E-state index in [1.165, 1.54) is 12.1 Å². The second-order valence-corrected chi connectivity index (χ2v) is 5.08. The highest BCUT2D eigenvalue weighted by Gasteiger charge is 2.29. The lowest BCUT2D eigenvalue weighted by atomic mass is 9.97. The molecule has 2 rings (SSSR count). The van der Waals surface area contributed by atoms with Gasteiger partial charge >= 0.3 is 0 Å². The minimum atomic E-state index is -0.293. The smallest absolute Gasteiger partial charge is 0.181 e. The van der Waals surface area contributed by atoms with Crippen LogP contribution in [0.2, 0.25) is 0 Å². The lowest BCUT2D eigenvalue weighted by Gasteiger charge is -2.36. The van der Waals surface area contributed by atoms with Crippen LogP contribution in [0.3, 0.4) is 0 Å². The summed E-state index contributed by atoms with van der Waals surface area (Å²) in [6.07, 6.45) is 0. The molecule has 0 aromatic heterocycles. The SMILES string of the molecule is Cc1cc(F)ccc1C(=O)C1CN(C)CCN1C. The van der Waals surface area contributed by atoms with Crippen LogP contribution >= 0.6 is 0 Å². The number of ketones is 1. The first-order valence-electron chi connectivity index (χ1n) is 6.18. The number of piperazine rings is 1. The van der Waals surface area contributed by atoms with E-state index in [4.69, 9.17) is 0 Å². The average Bonchev–Trinajstić information content (AvgIpc) is 2.31. The van der Waals surface area contributed by atoms with Gasteiger partial charge in [0, 0.05) is 25.2 Å². The Labute approximate surface area is 107 Å². The number of Topliss-reactive ketones (excluding diaryl/α,β-unsaturated/α-hetero) is 1. The molecular formula is C14H19FN2O. The topological polar surface area (TPSA) is 23.6 Å². The summed E-state index contributed by atoms with van der Waals surface area (Å²) >= 11 is 0. The third-order valence-corrected chi connectivity index (χ3v) is 3.61. The normalized spacial score (nSPS) is 22.1. The second-order valence-electron chi connectivity index (χ2n) is 5.08. The molecule has 1 atom stereocenters. The largest absolute Gasteiger partial charge is 0.303 e. The molecule has 18 heavy (non-hydrogen) atoms. The minimum Gasteiger partial charge on any atom is -0.303 e. The van der Waals surface area contributed by atoms with Gasteiger partial charge in [0.1, 0.15) is 5.82 Å². The number of nitrogens with zero attached hydrogens (tertiary/aromatic N) is 2. The van der Waals surface area contributed by atoms with Crippen LogP contribution < -0.4 is 0 Å². The summed E-state index contributed by atoms with van der Waals surface area (Å²) in [5.41, 5.74) is 1.34. The van der Waals surface area contributed by atoms with Gasteiger partial charge in [-0.25, -0.2) is 4.39 Å². The lowest BCUT2D eigenvalue weighted by molar-refractivity contribution is 0.0685. The predicted molar refractivity (Wildman–Crippen MR) is 69.4 cm³/mol. The van der Waals surface area contributed by atoms with Gasteiger partial charge < -0.3 is 4.90 Å². The van der Waals surface area contributed by atoms with Crippen molar-refractivity contribution in [3.8, 4) is 0 Å². The first-order chi connectivity index (χ1) is 8.49. The summed E-state index contributed by atoms with van der Waals surface area (Å²) in [6.45, 7) is 4.37. The van der Waals surface area contributed by atoms with E-state index in [2.05, 4.69) is 9.80 Å². The molecule has 1 saturated heterocycles. The molecule has 0 saturated carbocycles. The number of likely N-dealkylation sites (N-methyl/N-ethyl adjacent to an activating group) is 2. The highest BCUT2D eigenvalue weighted by Crippen LogP contribution is 2.17. The van der Waals surface area contributed by atoms with Crippen LogP contribution in [0.25, 0.3) is 0 Å². The van der Waals surface area contributed by atoms with Gasteiger partial charge in [0.15, 0.2) is 5.78 Å². The number of benzene rings is 1. The minimum absolute atomic E-state index is 0.0848. The van der Waals surface area contributed by atoms with Gasteiger partial charge in [-0.1, -0.05) is 0 Å². The standard InChI is InChI=1S/C14H19FN2O/c1-10-8-11(15)4-5-12(10)14(18)13-9-16(2)6-7-17(13)3/h4-5,8,13H,6-7,9H2,1-3H3. The Morgan fingerprint density at radius 1 is 1.33 bits per heavy atom. The summed E-state index contributed by atoms with van der Waals surface area (Å²) in [5, 5.41) is 0. The van der Waals surface area contributed by atoms with Gasteiger partial charge in [-0.2, -0.15) is 0 Å².